The predicted molar refractivity (Wildman–Crippen MR) is 132 cm³/mol. The van der Waals surface area contributed by atoms with Crippen molar-refractivity contribution in [2.75, 3.05) is 38.2 Å². The number of rotatable bonds is 5. The van der Waals surface area contributed by atoms with Crippen molar-refractivity contribution in [3.63, 3.8) is 0 Å². The van der Waals surface area contributed by atoms with Gasteiger partial charge < -0.3 is 14.5 Å². The monoisotopic (exact) mass is 543 g/mol. The Labute approximate surface area is 211 Å². The Morgan fingerprint density at radius 2 is 1.68 bits per heavy atom. The zero-order valence-electron chi connectivity index (χ0n) is 17.9. The van der Waals surface area contributed by atoms with E-state index in [-0.39, 0.29) is 10.5 Å². The van der Waals surface area contributed by atoms with Crippen LogP contribution in [0.25, 0.3) is 10.9 Å². The van der Waals surface area contributed by atoms with Crippen LogP contribution >= 0.6 is 34.8 Å². The molecule has 0 radical (unpaired) electrons. The van der Waals surface area contributed by atoms with Gasteiger partial charge in [0, 0.05) is 49.0 Å². The largest absolute Gasteiger partial charge is 0.497 e. The predicted octanol–water partition coefficient (Wildman–Crippen LogP) is 3.72. The minimum Gasteiger partial charge on any atom is -0.497 e. The van der Waals surface area contributed by atoms with Gasteiger partial charge in [-0.1, -0.05) is 40.9 Å². The number of methoxy groups -OCH3 is 1. The molecule has 0 N–H and O–H groups in total. The van der Waals surface area contributed by atoms with Gasteiger partial charge in [-0.25, -0.2) is 12.4 Å². The van der Waals surface area contributed by atoms with E-state index in [2.05, 4.69) is 0 Å². The van der Waals surface area contributed by atoms with Crippen molar-refractivity contribution in [1.82, 2.24) is 8.87 Å². The number of carbonyl (C=O) groups is 2. The van der Waals surface area contributed by atoms with E-state index in [0.29, 0.717) is 54.8 Å². The molecular weight excluding hydrogens is 525 g/mol. The van der Waals surface area contributed by atoms with Gasteiger partial charge in [-0.15, -0.1) is 0 Å². The van der Waals surface area contributed by atoms with Crippen molar-refractivity contribution in [1.29, 1.82) is 0 Å². The van der Waals surface area contributed by atoms with E-state index in [1.807, 2.05) is 11.0 Å². The summed E-state index contributed by atoms with van der Waals surface area (Å²) in [5.41, 5.74) is 1.29. The van der Waals surface area contributed by atoms with Crippen LogP contribution in [-0.4, -0.2) is 66.6 Å². The number of carbonyl (C=O) groups excluding carboxylic acids is 2. The Hall–Kier alpha value is -2.46. The summed E-state index contributed by atoms with van der Waals surface area (Å²) in [4.78, 5) is 27.7. The van der Waals surface area contributed by atoms with Crippen LogP contribution in [-0.2, 0) is 14.8 Å². The Balaban J connectivity index is 1.72. The second kappa shape index (κ2) is 9.30. The number of halogens is 3. The van der Waals surface area contributed by atoms with Crippen LogP contribution < -0.4 is 9.64 Å². The van der Waals surface area contributed by atoms with Crippen molar-refractivity contribution in [2.24, 2.45) is 0 Å². The number of aldehydes is 1. The van der Waals surface area contributed by atoms with Crippen LogP contribution in [0, 0.1) is 0 Å². The minimum atomic E-state index is -3.98. The molecule has 3 aromatic rings. The van der Waals surface area contributed by atoms with Crippen molar-refractivity contribution in [3.05, 3.63) is 54.2 Å². The third-order valence-electron chi connectivity index (χ3n) is 5.70. The van der Waals surface area contributed by atoms with Crippen LogP contribution in [0.4, 0.5) is 5.69 Å². The number of fused-ring (bicyclic) bond motifs is 1. The first-order valence-corrected chi connectivity index (χ1v) is 12.7. The maximum atomic E-state index is 13.4. The third kappa shape index (κ3) is 4.45. The van der Waals surface area contributed by atoms with Crippen molar-refractivity contribution >= 4 is 73.6 Å². The molecule has 0 spiro atoms. The number of ether oxygens (including phenoxy) is 1. The van der Waals surface area contributed by atoms with Gasteiger partial charge in [0.1, 0.15) is 5.75 Å². The van der Waals surface area contributed by atoms with E-state index in [1.54, 1.807) is 24.3 Å². The van der Waals surface area contributed by atoms with Gasteiger partial charge in [0.15, 0.2) is 6.29 Å². The molecule has 4 rings (SSSR count). The molecule has 1 aliphatic rings. The van der Waals surface area contributed by atoms with Crippen molar-refractivity contribution < 1.29 is 22.7 Å². The molecule has 1 fully saturated rings. The molecule has 2 heterocycles. The van der Waals surface area contributed by atoms with Crippen molar-refractivity contribution in [2.45, 2.75) is 8.69 Å². The van der Waals surface area contributed by atoms with Crippen LogP contribution in [0.5, 0.6) is 5.75 Å². The molecular formula is C22H20Cl3N3O5S. The highest BCUT2D eigenvalue weighted by molar-refractivity contribution is 7.90. The number of alkyl halides is 3. The first-order chi connectivity index (χ1) is 16.1. The third-order valence-corrected chi connectivity index (χ3v) is 7.87. The zero-order valence-corrected chi connectivity index (χ0v) is 21.0. The summed E-state index contributed by atoms with van der Waals surface area (Å²) in [6.45, 7) is 1.45. The Morgan fingerprint density at radius 1 is 1.03 bits per heavy atom. The molecule has 2 aromatic carbocycles. The highest BCUT2D eigenvalue weighted by Gasteiger charge is 2.36. The maximum Gasteiger partial charge on any atom is 0.274 e. The summed E-state index contributed by atoms with van der Waals surface area (Å²) in [5.74, 6) is -0.0692. The SMILES string of the molecule is COc1ccc(S(=O)(=O)n2cc(C=O)c3c(N4CCN(C(=O)C(Cl)(Cl)Cl)CC4)cccc32)cc1. The average molecular weight is 545 g/mol. The lowest BCUT2D eigenvalue weighted by Gasteiger charge is -2.37. The normalized spacial score (nSPS) is 14.9. The number of benzene rings is 2. The molecule has 1 amide bonds. The van der Waals surface area contributed by atoms with Crippen molar-refractivity contribution in [3.8, 4) is 5.75 Å². The van der Waals surface area contributed by atoms with Crippen LogP contribution in [0.3, 0.4) is 0 Å². The fourth-order valence-corrected chi connectivity index (χ4v) is 5.74. The van der Waals surface area contributed by atoms with E-state index in [0.717, 1.165) is 3.97 Å². The van der Waals surface area contributed by atoms with E-state index in [4.69, 9.17) is 39.5 Å². The molecule has 0 saturated carbocycles. The van der Waals surface area contributed by atoms with Gasteiger partial charge in [0.05, 0.1) is 17.5 Å². The average Bonchev–Trinajstić information content (AvgIpc) is 3.23. The molecule has 0 bridgehead atoms. The van der Waals surface area contributed by atoms with Gasteiger partial charge in [0.25, 0.3) is 19.7 Å². The lowest BCUT2D eigenvalue weighted by Crippen LogP contribution is -2.51. The molecule has 180 valence electrons. The number of hydrogen-bond acceptors (Lipinski definition) is 6. The van der Waals surface area contributed by atoms with Gasteiger partial charge in [-0.3, -0.25) is 9.59 Å². The number of amides is 1. The molecule has 34 heavy (non-hydrogen) atoms. The molecule has 1 aromatic heterocycles. The van der Waals surface area contributed by atoms with Gasteiger partial charge in [0.2, 0.25) is 0 Å². The van der Waals surface area contributed by atoms with Crippen LogP contribution in [0.1, 0.15) is 10.4 Å². The molecule has 0 unspecified atom stereocenters. The van der Waals surface area contributed by atoms with E-state index >= 15 is 0 Å². The minimum absolute atomic E-state index is 0.0619. The highest BCUT2D eigenvalue weighted by Crippen LogP contribution is 2.35. The number of nitrogens with zero attached hydrogens (tertiary/aromatic N) is 3. The quantitative estimate of drug-likeness (QED) is 0.359. The lowest BCUT2D eigenvalue weighted by atomic mass is 10.1. The van der Waals surface area contributed by atoms with Gasteiger partial charge in [-0.05, 0) is 36.4 Å². The second-order valence-corrected chi connectivity index (χ2v) is 11.7. The number of piperazine rings is 1. The lowest BCUT2D eigenvalue weighted by molar-refractivity contribution is -0.130. The summed E-state index contributed by atoms with van der Waals surface area (Å²) < 4.78 is 31.0. The molecule has 0 atom stereocenters. The summed E-state index contributed by atoms with van der Waals surface area (Å²) in [6, 6.07) is 11.2. The summed E-state index contributed by atoms with van der Waals surface area (Å²) >= 11 is 17.2. The maximum absolute atomic E-state index is 13.4. The van der Waals surface area contributed by atoms with Crippen LogP contribution in [0.15, 0.2) is 53.6 Å². The Kier molecular flexibility index (Phi) is 6.74. The fourth-order valence-electron chi connectivity index (χ4n) is 4.01. The Morgan fingerprint density at radius 3 is 2.24 bits per heavy atom. The Bertz CT molecular complexity index is 1340. The molecule has 1 saturated heterocycles. The first-order valence-electron chi connectivity index (χ1n) is 10.2. The van der Waals surface area contributed by atoms with E-state index < -0.39 is 19.7 Å². The smallest absolute Gasteiger partial charge is 0.274 e. The number of aromatic nitrogens is 1. The summed E-state index contributed by atoms with van der Waals surface area (Å²) in [5, 5.41) is 0.510. The van der Waals surface area contributed by atoms with Gasteiger partial charge in [-0.2, -0.15) is 0 Å². The highest BCUT2D eigenvalue weighted by atomic mass is 35.6. The first kappa shape index (κ1) is 24.7. The zero-order chi connectivity index (χ0) is 24.7. The summed E-state index contributed by atoms with van der Waals surface area (Å²) in [7, 11) is -2.48. The van der Waals surface area contributed by atoms with E-state index in [1.165, 1.54) is 30.3 Å². The number of anilines is 1. The standard InChI is InChI=1S/C22H20Cl3N3O5S/c1-33-16-5-7-17(8-6-16)34(31,32)28-13-15(14-29)20-18(3-2-4-19(20)28)26-9-11-27(12-10-26)21(30)22(23,24)25/h2-8,13-14H,9-12H2,1H3. The van der Waals surface area contributed by atoms with Crippen LogP contribution in [0.2, 0.25) is 0 Å². The fraction of sp³-hybridized carbons (Fsp3) is 0.273. The molecule has 1 aliphatic heterocycles. The van der Waals surface area contributed by atoms with E-state index in [9.17, 15) is 18.0 Å². The molecule has 12 heteroatoms. The van der Waals surface area contributed by atoms with Gasteiger partial charge >= 0.3 is 0 Å². The molecule has 8 nitrogen and oxygen atoms in total. The topological polar surface area (TPSA) is 88.9 Å². The molecule has 0 aliphatic carbocycles. The summed E-state index contributed by atoms with van der Waals surface area (Å²) in [6.07, 6.45) is 1.96. The number of hydrogen-bond donors (Lipinski definition) is 0. The second-order valence-electron chi connectivity index (χ2n) is 7.63.